The lowest BCUT2D eigenvalue weighted by Crippen LogP contribution is -2.54. The summed E-state index contributed by atoms with van der Waals surface area (Å²) in [6.07, 6.45) is 0.0473. The van der Waals surface area contributed by atoms with E-state index in [1.807, 2.05) is 6.07 Å². The Morgan fingerprint density at radius 3 is 2.34 bits per heavy atom. The van der Waals surface area contributed by atoms with Crippen LogP contribution in [-0.4, -0.2) is 62.1 Å². The van der Waals surface area contributed by atoms with Crippen molar-refractivity contribution in [2.75, 3.05) is 16.4 Å². The summed E-state index contributed by atoms with van der Waals surface area (Å²) in [5.74, 6) is -0.723. The largest absolute Gasteiger partial charge is 0.508 e. The van der Waals surface area contributed by atoms with Gasteiger partial charge in [0, 0.05) is 36.1 Å². The highest BCUT2D eigenvalue weighted by Crippen LogP contribution is 2.45. The highest BCUT2D eigenvalue weighted by atomic mass is 32.2. The van der Waals surface area contributed by atoms with Crippen LogP contribution in [0, 0.1) is 0 Å². The van der Waals surface area contributed by atoms with E-state index in [1.54, 1.807) is 76.2 Å². The molecule has 2 aromatic carbocycles. The molecule has 1 saturated heterocycles. The fourth-order valence-electron chi connectivity index (χ4n) is 4.13. The van der Waals surface area contributed by atoms with Crippen molar-refractivity contribution in [3.8, 4) is 5.75 Å². The Hall–Kier alpha value is -2.98. The normalized spacial score (nSPS) is 18.1. The molecule has 3 rings (SSSR count). The molecule has 10 heteroatoms. The Kier molecular flexibility index (Phi) is 9.89. The number of para-hydroxylation sites is 2. The third kappa shape index (κ3) is 7.32. The molecule has 0 aliphatic carbocycles. The SMILES string of the molecule is CC(=O)SCCC(=O)N1[C@@H](c2ccccc2O)SC[C@H]1C(=O)N(c1ccccc1)[C@@H](C)C(=O)OC(C)(C)C. The second kappa shape index (κ2) is 12.7. The first-order chi connectivity index (χ1) is 17.9. The van der Waals surface area contributed by atoms with Crippen molar-refractivity contribution in [1.29, 1.82) is 0 Å². The van der Waals surface area contributed by atoms with E-state index in [-0.39, 0.29) is 34.7 Å². The molecule has 0 saturated carbocycles. The number of aromatic hydroxyl groups is 1. The van der Waals surface area contributed by atoms with Crippen LogP contribution in [0.3, 0.4) is 0 Å². The summed E-state index contributed by atoms with van der Waals surface area (Å²) in [4.78, 5) is 55.1. The van der Waals surface area contributed by atoms with Crippen LogP contribution < -0.4 is 4.90 Å². The fourth-order valence-corrected chi connectivity index (χ4v) is 6.17. The van der Waals surface area contributed by atoms with E-state index in [9.17, 15) is 24.3 Å². The Bertz CT molecular complexity index is 1170. The van der Waals surface area contributed by atoms with Crippen molar-refractivity contribution in [3.63, 3.8) is 0 Å². The van der Waals surface area contributed by atoms with Crippen LogP contribution in [0.25, 0.3) is 0 Å². The monoisotopic (exact) mass is 558 g/mol. The number of benzene rings is 2. The van der Waals surface area contributed by atoms with Crippen LogP contribution in [0.2, 0.25) is 0 Å². The summed E-state index contributed by atoms with van der Waals surface area (Å²) < 4.78 is 5.58. The molecule has 8 nitrogen and oxygen atoms in total. The minimum absolute atomic E-state index is 0.0241. The van der Waals surface area contributed by atoms with Crippen LogP contribution in [0.15, 0.2) is 54.6 Å². The molecule has 204 valence electrons. The Balaban J connectivity index is 1.99. The molecule has 1 aliphatic heterocycles. The van der Waals surface area contributed by atoms with E-state index < -0.39 is 34.9 Å². The van der Waals surface area contributed by atoms with Crippen molar-refractivity contribution in [3.05, 3.63) is 60.2 Å². The lowest BCUT2D eigenvalue weighted by molar-refractivity contribution is -0.157. The number of carbonyl (C=O) groups excluding carboxylic acids is 4. The minimum atomic E-state index is -0.955. The van der Waals surface area contributed by atoms with Crippen LogP contribution in [0.5, 0.6) is 5.75 Å². The van der Waals surface area contributed by atoms with Gasteiger partial charge in [-0.05, 0) is 45.9 Å². The molecule has 1 heterocycles. The smallest absolute Gasteiger partial charge is 0.329 e. The van der Waals surface area contributed by atoms with Crippen molar-refractivity contribution < 1.29 is 29.0 Å². The minimum Gasteiger partial charge on any atom is -0.508 e. The Labute approximate surface area is 232 Å². The molecule has 1 N–H and O–H groups in total. The zero-order valence-corrected chi connectivity index (χ0v) is 23.9. The van der Waals surface area contributed by atoms with Crippen LogP contribution in [-0.2, 0) is 23.9 Å². The van der Waals surface area contributed by atoms with Gasteiger partial charge in [0.05, 0.1) is 0 Å². The van der Waals surface area contributed by atoms with Crippen LogP contribution >= 0.6 is 23.5 Å². The summed E-state index contributed by atoms with van der Waals surface area (Å²) in [6, 6.07) is 13.7. The van der Waals surface area contributed by atoms with Gasteiger partial charge in [-0.3, -0.25) is 19.3 Å². The van der Waals surface area contributed by atoms with E-state index in [0.29, 0.717) is 11.3 Å². The molecule has 3 atom stereocenters. The molecule has 0 bridgehead atoms. The molecule has 38 heavy (non-hydrogen) atoms. The second-order valence-corrected chi connectivity index (χ2v) is 12.3. The number of ether oxygens (including phenoxy) is 1. The number of phenols is 1. The summed E-state index contributed by atoms with van der Waals surface area (Å²) in [7, 11) is 0. The Morgan fingerprint density at radius 1 is 1.11 bits per heavy atom. The van der Waals surface area contributed by atoms with Gasteiger partial charge in [-0.1, -0.05) is 48.2 Å². The number of phenolic OH excluding ortho intramolecular Hbond substituents is 1. The average molecular weight is 559 g/mol. The summed E-state index contributed by atoms with van der Waals surface area (Å²) in [5.41, 5.74) is 0.282. The van der Waals surface area contributed by atoms with E-state index in [2.05, 4.69) is 0 Å². The van der Waals surface area contributed by atoms with Gasteiger partial charge >= 0.3 is 5.97 Å². The first-order valence-corrected chi connectivity index (χ1v) is 14.4. The molecule has 2 amide bonds. The number of carbonyl (C=O) groups is 4. The highest BCUT2D eigenvalue weighted by Gasteiger charge is 2.46. The molecule has 1 fully saturated rings. The molecule has 0 radical (unpaired) electrons. The van der Waals surface area contributed by atoms with E-state index in [1.165, 1.54) is 28.5 Å². The van der Waals surface area contributed by atoms with Gasteiger partial charge in [-0.15, -0.1) is 11.8 Å². The molecule has 0 aromatic heterocycles. The predicted octanol–water partition coefficient (Wildman–Crippen LogP) is 4.77. The van der Waals surface area contributed by atoms with Gasteiger partial charge in [-0.2, -0.15) is 0 Å². The fraction of sp³-hybridized carbons (Fsp3) is 0.429. The van der Waals surface area contributed by atoms with Gasteiger partial charge in [0.2, 0.25) is 5.91 Å². The van der Waals surface area contributed by atoms with E-state index in [0.717, 1.165) is 11.8 Å². The van der Waals surface area contributed by atoms with Crippen LogP contribution in [0.4, 0.5) is 5.69 Å². The van der Waals surface area contributed by atoms with E-state index >= 15 is 0 Å². The number of thioether (sulfide) groups is 2. The first-order valence-electron chi connectivity index (χ1n) is 12.4. The predicted molar refractivity (Wildman–Crippen MR) is 151 cm³/mol. The molecule has 1 aliphatic rings. The van der Waals surface area contributed by atoms with Crippen molar-refractivity contribution in [1.82, 2.24) is 4.90 Å². The molecule has 0 unspecified atom stereocenters. The molecular weight excluding hydrogens is 524 g/mol. The van der Waals surface area contributed by atoms with Crippen molar-refractivity contribution in [2.45, 2.75) is 64.1 Å². The summed E-state index contributed by atoms with van der Waals surface area (Å²) in [5, 5.41) is 9.84. The van der Waals surface area contributed by atoms with Gasteiger partial charge in [0.1, 0.15) is 28.8 Å². The van der Waals surface area contributed by atoms with Gasteiger partial charge in [0.25, 0.3) is 5.91 Å². The highest BCUT2D eigenvalue weighted by molar-refractivity contribution is 8.13. The maximum Gasteiger partial charge on any atom is 0.329 e. The van der Waals surface area contributed by atoms with Crippen molar-refractivity contribution >= 4 is 52.1 Å². The number of anilines is 1. The number of nitrogens with zero attached hydrogens (tertiary/aromatic N) is 2. The van der Waals surface area contributed by atoms with Crippen LogP contribution in [0.1, 0.15) is 52.0 Å². The third-order valence-corrected chi connectivity index (χ3v) is 7.92. The molecule has 0 spiro atoms. The van der Waals surface area contributed by atoms with Crippen molar-refractivity contribution in [2.24, 2.45) is 0 Å². The molecular formula is C28H34N2O6S2. The van der Waals surface area contributed by atoms with Gasteiger partial charge in [-0.25, -0.2) is 4.79 Å². The second-order valence-electron chi connectivity index (χ2n) is 9.90. The zero-order chi connectivity index (χ0) is 28.0. The maximum atomic E-state index is 14.2. The third-order valence-electron chi connectivity index (χ3n) is 5.80. The van der Waals surface area contributed by atoms with Gasteiger partial charge < -0.3 is 14.7 Å². The standard InChI is InChI=1S/C28H34N2O6S2/c1-18(27(35)36-28(3,4)5)29(20-11-7-6-8-12-20)25(34)22-17-38-26(21-13-9-10-14-23(21)32)30(22)24(33)15-16-37-19(2)31/h6-14,18,22,26,32H,15-17H2,1-5H3/t18-,22-,26+/m0/s1. The molecule has 2 aromatic rings. The number of rotatable bonds is 8. The lowest BCUT2D eigenvalue weighted by Gasteiger charge is -2.35. The van der Waals surface area contributed by atoms with E-state index in [4.69, 9.17) is 4.74 Å². The Morgan fingerprint density at radius 2 is 1.74 bits per heavy atom. The summed E-state index contributed by atoms with van der Waals surface area (Å²) in [6.45, 7) is 8.33. The first kappa shape index (κ1) is 29.6. The zero-order valence-electron chi connectivity index (χ0n) is 22.2. The van der Waals surface area contributed by atoms with Gasteiger partial charge in [0.15, 0.2) is 5.12 Å². The number of esters is 1. The number of hydrogen-bond donors (Lipinski definition) is 1. The summed E-state index contributed by atoms with van der Waals surface area (Å²) >= 11 is 2.42. The lowest BCUT2D eigenvalue weighted by atomic mass is 10.1. The maximum absolute atomic E-state index is 14.2. The number of hydrogen-bond acceptors (Lipinski definition) is 8. The number of amides is 2. The topological polar surface area (TPSA) is 104 Å². The average Bonchev–Trinajstić information content (AvgIpc) is 3.29. The quantitative estimate of drug-likeness (QED) is 0.462.